The number of hydrogen-bond acceptors (Lipinski definition) is 4. The van der Waals surface area contributed by atoms with Crippen LogP contribution in [0.4, 0.5) is 5.69 Å². The molecule has 2 rings (SSSR count). The lowest BCUT2D eigenvalue weighted by atomic mass is 10.3. The molecule has 18 heavy (non-hydrogen) atoms. The Morgan fingerprint density at radius 2 is 1.94 bits per heavy atom. The quantitative estimate of drug-likeness (QED) is 0.675. The second kappa shape index (κ2) is 5.96. The molecule has 1 fully saturated rings. The Kier molecular flexibility index (Phi) is 4.55. The fourth-order valence-corrected chi connectivity index (χ4v) is 2.45. The van der Waals surface area contributed by atoms with Gasteiger partial charge in [0.05, 0.1) is 24.4 Å². The fraction of sp³-hybridized carbons (Fsp3) is 0.417. The van der Waals surface area contributed by atoms with Crippen LogP contribution < -0.4 is 5.32 Å². The summed E-state index contributed by atoms with van der Waals surface area (Å²) < 4.78 is 0.977. The number of hydrogen-bond donors (Lipinski definition) is 3. The van der Waals surface area contributed by atoms with Gasteiger partial charge in [-0.15, -0.1) is 0 Å². The number of likely N-dealkylation sites (tertiary alicyclic amines) is 1. The molecule has 3 N–H and O–H groups in total. The number of benzene rings is 1. The van der Waals surface area contributed by atoms with Crippen LogP contribution in [0.25, 0.3) is 0 Å². The van der Waals surface area contributed by atoms with Crippen molar-refractivity contribution in [2.24, 2.45) is 0 Å². The normalized spacial score (nSPS) is 24.2. The number of para-hydroxylation sites is 1. The fourth-order valence-electron chi connectivity index (χ4n) is 1.93. The summed E-state index contributed by atoms with van der Waals surface area (Å²) in [6, 6.07) is 7.53. The number of nitrogens with zero attached hydrogens (tertiary/aromatic N) is 1. The predicted molar refractivity (Wildman–Crippen MR) is 76.2 cm³/mol. The Hall–Kier alpha value is -0.700. The summed E-state index contributed by atoms with van der Waals surface area (Å²) in [7, 11) is 0. The van der Waals surface area contributed by atoms with Crippen molar-refractivity contribution in [2.75, 3.05) is 25.0 Å². The van der Waals surface area contributed by atoms with E-state index in [9.17, 15) is 15.0 Å². The van der Waals surface area contributed by atoms with Gasteiger partial charge in [0, 0.05) is 16.7 Å². The molecule has 0 radical (unpaired) electrons. The minimum absolute atomic E-state index is 0.139. The van der Waals surface area contributed by atoms with Crippen LogP contribution in [0.2, 0.25) is 0 Å². The lowest BCUT2D eigenvalue weighted by Crippen LogP contribution is -2.32. The van der Waals surface area contributed by atoms with Crippen molar-refractivity contribution in [3.63, 3.8) is 0 Å². The number of amides is 1. The molecule has 1 heterocycles. The third-order valence-electron chi connectivity index (χ3n) is 2.85. The maximum absolute atomic E-state index is 11.8. The Balaban J connectivity index is 1.88. The van der Waals surface area contributed by atoms with Crippen molar-refractivity contribution in [3.05, 3.63) is 27.8 Å². The van der Waals surface area contributed by atoms with Crippen molar-refractivity contribution < 1.29 is 15.0 Å². The van der Waals surface area contributed by atoms with Gasteiger partial charge in [-0.2, -0.15) is 0 Å². The van der Waals surface area contributed by atoms with Gasteiger partial charge in [-0.25, -0.2) is 0 Å². The van der Waals surface area contributed by atoms with Crippen LogP contribution in [0.1, 0.15) is 0 Å². The van der Waals surface area contributed by atoms with Gasteiger partial charge in [-0.05, 0) is 34.7 Å². The van der Waals surface area contributed by atoms with Gasteiger partial charge in [-0.3, -0.25) is 9.69 Å². The molecular formula is C12H15IN2O3. The average Bonchev–Trinajstić information content (AvgIpc) is 2.61. The zero-order valence-corrected chi connectivity index (χ0v) is 11.9. The maximum atomic E-state index is 11.8. The molecule has 0 saturated carbocycles. The van der Waals surface area contributed by atoms with Crippen molar-refractivity contribution in [1.82, 2.24) is 4.90 Å². The van der Waals surface area contributed by atoms with Crippen LogP contribution >= 0.6 is 22.6 Å². The molecule has 5 nitrogen and oxygen atoms in total. The largest absolute Gasteiger partial charge is 0.389 e. The van der Waals surface area contributed by atoms with Crippen molar-refractivity contribution >= 4 is 34.2 Å². The van der Waals surface area contributed by atoms with E-state index in [-0.39, 0.29) is 12.5 Å². The Morgan fingerprint density at radius 1 is 1.33 bits per heavy atom. The Bertz CT molecular complexity index is 431. The summed E-state index contributed by atoms with van der Waals surface area (Å²) in [5, 5.41) is 21.6. The molecule has 1 aliphatic heterocycles. The summed E-state index contributed by atoms with van der Waals surface area (Å²) in [5.41, 5.74) is 0.781. The second-order valence-electron chi connectivity index (χ2n) is 4.36. The molecule has 1 amide bonds. The highest BCUT2D eigenvalue weighted by atomic mass is 127. The number of aliphatic hydroxyl groups is 2. The highest BCUT2D eigenvalue weighted by molar-refractivity contribution is 14.1. The first-order valence-electron chi connectivity index (χ1n) is 5.69. The molecule has 0 bridgehead atoms. The molecular weight excluding hydrogens is 347 g/mol. The van der Waals surface area contributed by atoms with E-state index in [4.69, 9.17) is 0 Å². The summed E-state index contributed by atoms with van der Waals surface area (Å²) in [6.45, 7) is 0.847. The van der Waals surface area contributed by atoms with Gasteiger partial charge in [0.2, 0.25) is 5.91 Å². The van der Waals surface area contributed by atoms with Gasteiger partial charge in [-0.1, -0.05) is 12.1 Å². The smallest absolute Gasteiger partial charge is 0.238 e. The lowest BCUT2D eigenvalue weighted by Gasteiger charge is -2.14. The monoisotopic (exact) mass is 362 g/mol. The number of carbonyl (C=O) groups excluding carboxylic acids is 1. The molecule has 2 atom stereocenters. The highest BCUT2D eigenvalue weighted by Crippen LogP contribution is 2.17. The number of carbonyl (C=O) groups is 1. The van der Waals surface area contributed by atoms with E-state index in [1.807, 2.05) is 24.3 Å². The minimum Gasteiger partial charge on any atom is -0.389 e. The van der Waals surface area contributed by atoms with Crippen LogP contribution in [-0.2, 0) is 4.79 Å². The number of nitrogens with one attached hydrogen (secondary N) is 1. The highest BCUT2D eigenvalue weighted by Gasteiger charge is 2.30. The first kappa shape index (κ1) is 13.7. The van der Waals surface area contributed by atoms with E-state index < -0.39 is 12.2 Å². The van der Waals surface area contributed by atoms with E-state index in [0.29, 0.717) is 13.1 Å². The van der Waals surface area contributed by atoms with Crippen LogP contribution in [0.3, 0.4) is 0 Å². The summed E-state index contributed by atoms with van der Waals surface area (Å²) in [5.74, 6) is -0.139. The van der Waals surface area contributed by atoms with Crippen molar-refractivity contribution in [2.45, 2.75) is 12.2 Å². The molecule has 0 aromatic heterocycles. The van der Waals surface area contributed by atoms with Gasteiger partial charge in [0.15, 0.2) is 0 Å². The van der Waals surface area contributed by atoms with Crippen LogP contribution in [0.5, 0.6) is 0 Å². The second-order valence-corrected chi connectivity index (χ2v) is 5.52. The molecule has 0 spiro atoms. The van der Waals surface area contributed by atoms with E-state index in [1.54, 1.807) is 4.90 Å². The number of rotatable bonds is 3. The van der Waals surface area contributed by atoms with Gasteiger partial charge in [0.25, 0.3) is 0 Å². The molecule has 1 aliphatic rings. The summed E-state index contributed by atoms with van der Waals surface area (Å²) in [6.07, 6.45) is -1.51. The molecule has 1 aromatic carbocycles. The van der Waals surface area contributed by atoms with E-state index in [0.717, 1.165) is 9.26 Å². The van der Waals surface area contributed by atoms with Crippen molar-refractivity contribution in [3.8, 4) is 0 Å². The SMILES string of the molecule is O=C(CN1C[C@@H](O)[C@@H](O)C1)Nc1ccccc1I. The van der Waals surface area contributed by atoms with Crippen LogP contribution in [0.15, 0.2) is 24.3 Å². The van der Waals surface area contributed by atoms with Gasteiger partial charge >= 0.3 is 0 Å². The molecule has 1 aromatic rings. The summed E-state index contributed by atoms with van der Waals surface area (Å²) >= 11 is 2.16. The average molecular weight is 362 g/mol. The maximum Gasteiger partial charge on any atom is 0.238 e. The molecule has 0 aliphatic carbocycles. The minimum atomic E-state index is -0.755. The Morgan fingerprint density at radius 3 is 2.56 bits per heavy atom. The van der Waals surface area contributed by atoms with Gasteiger partial charge < -0.3 is 15.5 Å². The number of aliphatic hydroxyl groups excluding tert-OH is 2. The molecule has 6 heteroatoms. The third-order valence-corrected chi connectivity index (χ3v) is 3.79. The number of halogens is 1. The standard InChI is InChI=1S/C12H15IN2O3/c13-8-3-1-2-4-9(8)14-12(18)7-15-5-10(16)11(17)6-15/h1-4,10-11,16-17H,5-7H2,(H,14,18)/t10-,11+. The zero-order valence-electron chi connectivity index (χ0n) is 9.71. The van der Waals surface area contributed by atoms with E-state index in [1.165, 1.54) is 0 Å². The zero-order chi connectivity index (χ0) is 13.1. The van der Waals surface area contributed by atoms with Crippen LogP contribution in [-0.4, -0.2) is 52.9 Å². The number of β-amino-alcohol motifs (C(OH)–C–C–N with tert-alkyl or cyclic N) is 2. The number of anilines is 1. The third kappa shape index (κ3) is 3.41. The Labute approximate surface area is 119 Å². The van der Waals surface area contributed by atoms with E-state index >= 15 is 0 Å². The topological polar surface area (TPSA) is 72.8 Å². The summed E-state index contributed by atoms with van der Waals surface area (Å²) in [4.78, 5) is 13.6. The lowest BCUT2D eigenvalue weighted by molar-refractivity contribution is -0.117. The van der Waals surface area contributed by atoms with Gasteiger partial charge in [0.1, 0.15) is 0 Å². The first-order valence-corrected chi connectivity index (χ1v) is 6.77. The van der Waals surface area contributed by atoms with E-state index in [2.05, 4.69) is 27.9 Å². The molecule has 1 saturated heterocycles. The van der Waals surface area contributed by atoms with Crippen molar-refractivity contribution in [1.29, 1.82) is 0 Å². The first-order chi connectivity index (χ1) is 8.56. The molecule has 0 unspecified atom stereocenters. The predicted octanol–water partition coefficient (Wildman–Crippen LogP) is 0.267. The van der Waals surface area contributed by atoms with Crippen LogP contribution in [0, 0.1) is 3.57 Å². The molecule has 98 valence electrons.